The van der Waals surface area contributed by atoms with E-state index in [9.17, 15) is 19.2 Å². The summed E-state index contributed by atoms with van der Waals surface area (Å²) in [5.74, 6) is 0. The molecule has 0 atom stereocenters. The van der Waals surface area contributed by atoms with Crippen LogP contribution in [0.4, 0.5) is 19.2 Å². The number of hydrogen-bond acceptors (Lipinski definition) is 11. The zero-order valence-corrected chi connectivity index (χ0v) is 38.0. The van der Waals surface area contributed by atoms with Gasteiger partial charge in [-0.25, -0.2) is 29.0 Å². The van der Waals surface area contributed by atoms with Crippen molar-refractivity contribution in [1.29, 1.82) is 0 Å². The van der Waals surface area contributed by atoms with Crippen LogP contribution in [0, 0.1) is 5.77 Å². The molecule has 0 bridgehead atoms. The molecule has 51 heavy (non-hydrogen) atoms. The second kappa shape index (κ2) is 17.0. The van der Waals surface area contributed by atoms with Gasteiger partial charge in [0, 0.05) is 32.6 Å². The third kappa shape index (κ3) is 14.1. The lowest BCUT2D eigenvalue weighted by Crippen LogP contribution is -2.44. The maximum atomic E-state index is 13.1. The van der Waals surface area contributed by atoms with Crippen LogP contribution < -0.4 is 0 Å². The summed E-state index contributed by atoms with van der Waals surface area (Å²) in [5, 5.41) is 0. The Morgan fingerprint density at radius 2 is 0.804 bits per heavy atom. The normalized spacial score (nSPS) is 12.4. The maximum Gasteiger partial charge on any atom is 0.419 e. The SMILES string of the molecule is CC(C)(C)OC(=O)N(CCc1cc(I)sc1-c1ccc(-c2sc(I)cc2CCN(C(=O)OC(C)(C)C)C(=O)OC(C)(C)C)s1)C(=O)OC(C)(C)C. The summed E-state index contributed by atoms with van der Waals surface area (Å²) in [4.78, 5) is 58.7. The molecule has 0 radical (unpaired) electrons. The summed E-state index contributed by atoms with van der Waals surface area (Å²) in [6.45, 7) is 21.2. The highest BCUT2D eigenvalue weighted by Gasteiger charge is 2.33. The number of hydrogen-bond donors (Lipinski definition) is 0. The van der Waals surface area contributed by atoms with Gasteiger partial charge in [0.15, 0.2) is 0 Å². The minimum Gasteiger partial charge on any atom is -0.443 e. The Balaban J connectivity index is 1.87. The summed E-state index contributed by atoms with van der Waals surface area (Å²) in [5.41, 5.74) is -1.13. The summed E-state index contributed by atoms with van der Waals surface area (Å²) in [6.07, 6.45) is -2.18. The van der Waals surface area contributed by atoms with Gasteiger partial charge in [-0.15, -0.1) is 34.0 Å². The monoisotopic (exact) mass is 986 g/mol. The molecule has 0 saturated carbocycles. The molecule has 0 unspecified atom stereocenters. The van der Waals surface area contributed by atoms with Gasteiger partial charge >= 0.3 is 24.4 Å². The highest BCUT2D eigenvalue weighted by atomic mass is 127. The molecule has 3 aromatic heterocycles. The van der Waals surface area contributed by atoms with E-state index in [0.717, 1.165) is 46.2 Å². The Labute approximate surface area is 340 Å². The van der Waals surface area contributed by atoms with E-state index >= 15 is 0 Å². The van der Waals surface area contributed by atoms with Crippen LogP contribution in [0.15, 0.2) is 24.3 Å². The van der Waals surface area contributed by atoms with Crippen molar-refractivity contribution < 1.29 is 38.1 Å². The predicted octanol–water partition coefficient (Wildman–Crippen LogP) is 11.8. The van der Waals surface area contributed by atoms with E-state index in [1.54, 1.807) is 117 Å². The van der Waals surface area contributed by atoms with Crippen LogP contribution in [0.5, 0.6) is 0 Å². The quantitative estimate of drug-likeness (QED) is 0.162. The van der Waals surface area contributed by atoms with Crippen molar-refractivity contribution in [1.82, 2.24) is 9.80 Å². The number of nitrogens with zero attached hydrogens (tertiary/aromatic N) is 2. The van der Waals surface area contributed by atoms with Gasteiger partial charge in [0.2, 0.25) is 0 Å². The van der Waals surface area contributed by atoms with Crippen molar-refractivity contribution >= 4 is 104 Å². The molecule has 4 amide bonds. The summed E-state index contributed by atoms with van der Waals surface area (Å²) < 4.78 is 24.3. The molecule has 3 aromatic rings. The van der Waals surface area contributed by atoms with Crippen LogP contribution in [0.3, 0.4) is 0 Å². The van der Waals surface area contributed by atoms with Crippen LogP contribution in [-0.2, 0) is 31.8 Å². The lowest BCUT2D eigenvalue weighted by atomic mass is 10.1. The average Bonchev–Trinajstić information content (AvgIpc) is 3.62. The predicted molar refractivity (Wildman–Crippen MR) is 222 cm³/mol. The molecule has 0 aromatic carbocycles. The number of imide groups is 2. The van der Waals surface area contributed by atoms with Crippen molar-refractivity contribution in [3.05, 3.63) is 41.2 Å². The molecule has 0 spiro atoms. The number of carbonyl (C=O) groups is 4. The van der Waals surface area contributed by atoms with E-state index < -0.39 is 46.8 Å². The minimum atomic E-state index is -0.782. The number of ether oxygens (including phenoxy) is 4. The molecule has 0 N–H and O–H groups in total. The number of amides is 4. The van der Waals surface area contributed by atoms with Crippen LogP contribution in [0.1, 0.15) is 94.2 Å². The second-order valence-electron chi connectivity index (χ2n) is 15.7. The maximum absolute atomic E-state index is 13.1. The first-order chi connectivity index (χ1) is 23.2. The van der Waals surface area contributed by atoms with Gasteiger partial charge < -0.3 is 18.9 Å². The van der Waals surface area contributed by atoms with Crippen LogP contribution >= 0.6 is 79.2 Å². The lowest BCUT2D eigenvalue weighted by Gasteiger charge is -2.28. The molecule has 15 heteroatoms. The second-order valence-corrected chi connectivity index (χ2v) is 22.7. The standard InChI is InChI=1S/C36H48I2N2O8S3/c1-33(2,3)45-29(41)39(30(42)46-34(4,5)6)17-15-21-19-25(37)50-27(21)23-13-14-24(49-23)28-22(20-26(38)51-28)16-18-40(31(43)47-35(7,8)9)32(44)48-36(10,11)12/h13-14,19-20H,15-18H2,1-12H3. The van der Waals surface area contributed by atoms with Gasteiger partial charge in [-0.1, -0.05) is 0 Å². The van der Waals surface area contributed by atoms with E-state index in [-0.39, 0.29) is 13.1 Å². The van der Waals surface area contributed by atoms with E-state index in [4.69, 9.17) is 18.9 Å². The zero-order valence-electron chi connectivity index (χ0n) is 31.3. The van der Waals surface area contributed by atoms with E-state index in [2.05, 4.69) is 69.4 Å². The van der Waals surface area contributed by atoms with Crippen LogP contribution in [0.25, 0.3) is 19.5 Å². The van der Waals surface area contributed by atoms with Crippen LogP contribution in [0.2, 0.25) is 0 Å². The lowest BCUT2D eigenvalue weighted by molar-refractivity contribution is -0.000449. The smallest absolute Gasteiger partial charge is 0.419 e. The Hall–Kier alpha value is -1.96. The topological polar surface area (TPSA) is 112 Å². The first kappa shape index (κ1) is 43.4. The fourth-order valence-electron chi connectivity index (χ4n) is 4.41. The van der Waals surface area contributed by atoms with Gasteiger partial charge in [-0.2, -0.15) is 0 Å². The Bertz CT molecular complexity index is 1540. The molecule has 0 fully saturated rings. The van der Waals surface area contributed by atoms with Gasteiger partial charge in [0.05, 0.1) is 5.77 Å². The molecular weight excluding hydrogens is 938 g/mol. The molecule has 3 heterocycles. The average molecular weight is 987 g/mol. The molecule has 282 valence electrons. The molecule has 10 nitrogen and oxygen atoms in total. The number of halogens is 2. The number of carbonyl (C=O) groups excluding carboxylic acids is 4. The molecule has 3 rings (SSSR count). The first-order valence-electron chi connectivity index (χ1n) is 16.4. The van der Waals surface area contributed by atoms with Crippen molar-refractivity contribution in [2.45, 2.75) is 118 Å². The van der Waals surface area contributed by atoms with Gasteiger partial charge in [0.1, 0.15) is 22.4 Å². The minimum absolute atomic E-state index is 0.0843. The van der Waals surface area contributed by atoms with E-state index in [1.165, 1.54) is 0 Å². The Kier molecular flexibility index (Phi) is 14.5. The summed E-state index contributed by atoms with van der Waals surface area (Å²) >= 11 is 9.50. The van der Waals surface area contributed by atoms with Crippen molar-refractivity contribution in [2.75, 3.05) is 13.1 Å². The Morgan fingerprint density at radius 1 is 0.529 bits per heavy atom. The highest BCUT2D eigenvalue weighted by molar-refractivity contribution is 14.1. The largest absolute Gasteiger partial charge is 0.443 e. The zero-order chi connectivity index (χ0) is 38.7. The molecule has 0 aliphatic rings. The first-order valence-corrected chi connectivity index (χ1v) is 21.0. The molecular formula is C36H48I2N2O8S3. The van der Waals surface area contributed by atoms with Crippen molar-refractivity contribution in [3.8, 4) is 19.5 Å². The number of rotatable bonds is 8. The van der Waals surface area contributed by atoms with Gasteiger partial charge in [0.25, 0.3) is 0 Å². The Morgan fingerprint density at radius 3 is 1.06 bits per heavy atom. The molecule has 0 aliphatic carbocycles. The fourth-order valence-corrected chi connectivity index (χ4v) is 9.65. The van der Waals surface area contributed by atoms with Gasteiger partial charge in [-0.05, 0) is 177 Å². The van der Waals surface area contributed by atoms with E-state index in [1.807, 2.05) is 0 Å². The van der Waals surface area contributed by atoms with E-state index in [0.29, 0.717) is 12.8 Å². The third-order valence-corrected chi connectivity index (χ3v) is 11.6. The molecule has 0 saturated heterocycles. The van der Waals surface area contributed by atoms with Crippen molar-refractivity contribution in [2.24, 2.45) is 0 Å². The molecule has 0 aliphatic heterocycles. The number of thiophene rings is 3. The summed E-state index contributed by atoms with van der Waals surface area (Å²) in [6, 6.07) is 8.30. The van der Waals surface area contributed by atoms with Crippen LogP contribution in [-0.4, -0.2) is 69.7 Å². The third-order valence-electron chi connectivity index (χ3n) is 6.28. The fraction of sp³-hybridized carbons (Fsp3) is 0.556. The van der Waals surface area contributed by atoms with Gasteiger partial charge in [-0.3, -0.25) is 0 Å². The highest BCUT2D eigenvalue weighted by Crippen LogP contribution is 2.44. The summed E-state index contributed by atoms with van der Waals surface area (Å²) in [7, 11) is 0. The van der Waals surface area contributed by atoms with Crippen molar-refractivity contribution in [3.63, 3.8) is 0 Å².